The van der Waals surface area contributed by atoms with E-state index in [-0.39, 0.29) is 12.2 Å². The summed E-state index contributed by atoms with van der Waals surface area (Å²) in [4.78, 5) is 15.3. The van der Waals surface area contributed by atoms with Crippen LogP contribution in [0.1, 0.15) is 33.8 Å². The largest absolute Gasteiger partial charge is 0.476 e. The minimum absolute atomic E-state index is 0.0827. The molecule has 0 aliphatic heterocycles. The fourth-order valence-corrected chi connectivity index (χ4v) is 2.30. The Morgan fingerprint density at radius 3 is 2.94 bits per heavy atom. The minimum atomic E-state index is -1.12. The smallest absolute Gasteiger partial charge is 0.358 e. The number of thiazole rings is 1. The lowest BCUT2D eigenvalue weighted by Crippen LogP contribution is -2.13. The molecule has 0 atom stereocenters. The number of aryl methyl sites for hydroxylation is 1. The number of carboxylic acids is 1. The zero-order chi connectivity index (χ0) is 13.1. The van der Waals surface area contributed by atoms with E-state index in [0.717, 1.165) is 17.1 Å². The van der Waals surface area contributed by atoms with Crippen LogP contribution >= 0.6 is 11.3 Å². The predicted molar refractivity (Wildman–Crippen MR) is 65.5 cm³/mol. The van der Waals surface area contributed by atoms with Gasteiger partial charge in [0.05, 0.1) is 22.9 Å². The third-order valence-corrected chi connectivity index (χ3v) is 3.49. The molecular weight excluding hydrogens is 254 g/mol. The lowest BCUT2D eigenvalue weighted by atomic mass is 10.3. The summed E-state index contributed by atoms with van der Waals surface area (Å²) < 4.78 is 1.48. The maximum absolute atomic E-state index is 10.9. The first-order chi connectivity index (χ1) is 8.65. The van der Waals surface area contributed by atoms with E-state index in [1.54, 1.807) is 11.3 Å². The quantitative estimate of drug-likeness (QED) is 0.817. The third-order valence-electron chi connectivity index (χ3n) is 2.45. The molecule has 0 saturated carbocycles. The molecule has 0 radical (unpaired) electrons. The first kappa shape index (κ1) is 12.7. The molecule has 18 heavy (non-hydrogen) atoms. The van der Waals surface area contributed by atoms with Gasteiger partial charge in [-0.15, -0.1) is 16.4 Å². The van der Waals surface area contributed by atoms with E-state index in [1.807, 2.05) is 12.3 Å². The molecule has 2 aromatic rings. The van der Waals surface area contributed by atoms with E-state index < -0.39 is 5.97 Å². The van der Waals surface area contributed by atoms with Crippen molar-refractivity contribution >= 4 is 17.3 Å². The zero-order valence-corrected chi connectivity index (χ0v) is 10.6. The van der Waals surface area contributed by atoms with Crippen LogP contribution in [0.2, 0.25) is 0 Å². The lowest BCUT2D eigenvalue weighted by Gasteiger charge is -2.02. The highest BCUT2D eigenvalue weighted by Gasteiger charge is 2.18. The molecule has 0 aromatic carbocycles. The van der Waals surface area contributed by atoms with Crippen LogP contribution in [0.15, 0.2) is 5.38 Å². The van der Waals surface area contributed by atoms with Gasteiger partial charge in [0.1, 0.15) is 0 Å². The Labute approximate surface area is 107 Å². The number of carboxylic acid groups (broad SMARTS) is 1. The molecule has 2 aromatic heterocycles. The Balaban J connectivity index is 2.26. The van der Waals surface area contributed by atoms with Gasteiger partial charge in [0.2, 0.25) is 0 Å². The average molecular weight is 267 g/mol. The van der Waals surface area contributed by atoms with E-state index >= 15 is 0 Å². The summed E-state index contributed by atoms with van der Waals surface area (Å²) in [6.45, 7) is 2.51. The number of rotatable bonds is 5. The number of aromatic nitrogens is 4. The Morgan fingerprint density at radius 1 is 1.61 bits per heavy atom. The van der Waals surface area contributed by atoms with E-state index in [2.05, 4.69) is 15.3 Å². The van der Waals surface area contributed by atoms with Crippen molar-refractivity contribution in [1.82, 2.24) is 20.0 Å². The molecule has 0 aliphatic carbocycles. The summed E-state index contributed by atoms with van der Waals surface area (Å²) >= 11 is 1.58. The molecule has 96 valence electrons. The molecule has 0 saturated heterocycles. The van der Waals surface area contributed by atoms with Crippen LogP contribution in [-0.4, -0.2) is 31.1 Å². The van der Waals surface area contributed by atoms with Crippen molar-refractivity contribution < 1.29 is 9.90 Å². The highest BCUT2D eigenvalue weighted by Crippen LogP contribution is 2.13. The SMILES string of the molecule is CCc1nc(Cn2nnc(C(=O)O)c2CN)cs1. The van der Waals surface area contributed by atoms with Gasteiger partial charge in [-0.2, -0.15) is 0 Å². The molecule has 0 aliphatic rings. The summed E-state index contributed by atoms with van der Waals surface area (Å²) in [6, 6.07) is 0. The minimum Gasteiger partial charge on any atom is -0.476 e. The third kappa shape index (κ3) is 2.39. The van der Waals surface area contributed by atoms with Crippen LogP contribution in [0.4, 0.5) is 0 Å². The maximum atomic E-state index is 10.9. The van der Waals surface area contributed by atoms with Crippen molar-refractivity contribution in [2.75, 3.05) is 0 Å². The number of hydrogen-bond acceptors (Lipinski definition) is 6. The molecule has 2 rings (SSSR count). The summed E-state index contributed by atoms with van der Waals surface area (Å²) in [5.74, 6) is -1.12. The summed E-state index contributed by atoms with van der Waals surface area (Å²) in [5.41, 5.74) is 6.69. The normalized spacial score (nSPS) is 10.8. The second kappa shape index (κ2) is 5.23. The van der Waals surface area contributed by atoms with E-state index in [4.69, 9.17) is 10.8 Å². The topological polar surface area (TPSA) is 107 Å². The van der Waals surface area contributed by atoms with Gasteiger partial charge in [0.15, 0.2) is 5.69 Å². The average Bonchev–Trinajstić information content (AvgIpc) is 2.95. The number of nitrogens with zero attached hydrogens (tertiary/aromatic N) is 4. The Morgan fingerprint density at radius 2 is 2.39 bits per heavy atom. The molecule has 8 heteroatoms. The van der Waals surface area contributed by atoms with Crippen LogP contribution in [0, 0.1) is 0 Å². The number of carbonyl (C=O) groups is 1. The number of nitrogens with two attached hydrogens (primary N) is 1. The van der Waals surface area contributed by atoms with Gasteiger partial charge < -0.3 is 10.8 Å². The highest BCUT2D eigenvalue weighted by atomic mass is 32.1. The van der Waals surface area contributed by atoms with Gasteiger partial charge in [-0.3, -0.25) is 0 Å². The van der Waals surface area contributed by atoms with Crippen molar-refractivity contribution in [2.24, 2.45) is 5.73 Å². The van der Waals surface area contributed by atoms with Crippen molar-refractivity contribution in [3.05, 3.63) is 27.5 Å². The molecule has 0 bridgehead atoms. The zero-order valence-electron chi connectivity index (χ0n) is 9.83. The van der Waals surface area contributed by atoms with Crippen LogP contribution in [0.25, 0.3) is 0 Å². The molecule has 0 unspecified atom stereocenters. The van der Waals surface area contributed by atoms with Crippen LogP contribution in [0.5, 0.6) is 0 Å². The maximum Gasteiger partial charge on any atom is 0.358 e. The van der Waals surface area contributed by atoms with Gasteiger partial charge in [0.25, 0.3) is 0 Å². The van der Waals surface area contributed by atoms with Crippen molar-refractivity contribution in [1.29, 1.82) is 0 Å². The van der Waals surface area contributed by atoms with Crippen molar-refractivity contribution in [3.63, 3.8) is 0 Å². The first-order valence-electron chi connectivity index (χ1n) is 5.44. The van der Waals surface area contributed by atoms with E-state index in [0.29, 0.717) is 12.2 Å². The van der Waals surface area contributed by atoms with Gasteiger partial charge >= 0.3 is 5.97 Å². The number of hydrogen-bond donors (Lipinski definition) is 2. The van der Waals surface area contributed by atoms with Crippen molar-refractivity contribution in [3.8, 4) is 0 Å². The lowest BCUT2D eigenvalue weighted by molar-refractivity contribution is 0.0689. The summed E-state index contributed by atoms with van der Waals surface area (Å²) in [6.07, 6.45) is 0.881. The van der Waals surface area contributed by atoms with Gasteiger partial charge in [-0.05, 0) is 6.42 Å². The molecule has 0 amide bonds. The van der Waals surface area contributed by atoms with Crippen molar-refractivity contribution in [2.45, 2.75) is 26.4 Å². The van der Waals surface area contributed by atoms with E-state index in [1.165, 1.54) is 4.68 Å². The molecule has 0 fully saturated rings. The molecule has 2 heterocycles. The summed E-state index contributed by atoms with van der Waals surface area (Å²) in [7, 11) is 0. The Kier molecular flexibility index (Phi) is 3.68. The van der Waals surface area contributed by atoms with Gasteiger partial charge in [-0.25, -0.2) is 14.5 Å². The monoisotopic (exact) mass is 267 g/mol. The van der Waals surface area contributed by atoms with Gasteiger partial charge in [-0.1, -0.05) is 12.1 Å². The summed E-state index contributed by atoms with van der Waals surface area (Å²) in [5, 5.41) is 19.3. The molecule has 7 nitrogen and oxygen atoms in total. The van der Waals surface area contributed by atoms with Crippen LogP contribution < -0.4 is 5.73 Å². The standard InChI is InChI=1S/C10H13N5O2S/c1-2-8-12-6(5-18-8)4-15-7(3-11)9(10(16)17)13-14-15/h5H,2-4,11H2,1H3,(H,16,17). The van der Waals surface area contributed by atoms with E-state index in [9.17, 15) is 4.79 Å². The Bertz CT molecular complexity index is 562. The predicted octanol–water partition coefficient (Wildman–Crippen LogP) is 0.502. The fourth-order valence-electron chi connectivity index (χ4n) is 1.57. The van der Waals surface area contributed by atoms with Crippen LogP contribution in [-0.2, 0) is 19.5 Å². The second-order valence-electron chi connectivity index (χ2n) is 3.64. The second-order valence-corrected chi connectivity index (χ2v) is 4.58. The Hall–Kier alpha value is -1.80. The number of aromatic carboxylic acids is 1. The molecule has 0 spiro atoms. The molecule has 3 N–H and O–H groups in total. The first-order valence-corrected chi connectivity index (χ1v) is 6.32. The highest BCUT2D eigenvalue weighted by molar-refractivity contribution is 7.09. The van der Waals surface area contributed by atoms with Crippen LogP contribution in [0.3, 0.4) is 0 Å². The fraction of sp³-hybridized carbons (Fsp3) is 0.400. The molecular formula is C10H13N5O2S. The van der Waals surface area contributed by atoms with Gasteiger partial charge in [0, 0.05) is 11.9 Å².